The number of rotatable bonds is 5. The second-order valence-electron chi connectivity index (χ2n) is 4.79. The lowest BCUT2D eigenvalue weighted by Gasteiger charge is -2.29. The molecular weight excluding hydrogens is 283 g/mol. The Kier molecular flexibility index (Phi) is 4.42. The van der Waals surface area contributed by atoms with E-state index in [1.807, 2.05) is 0 Å². The van der Waals surface area contributed by atoms with E-state index in [2.05, 4.69) is 46.6 Å². The highest BCUT2D eigenvalue weighted by Gasteiger charge is 2.32. The van der Waals surface area contributed by atoms with E-state index in [1.54, 1.807) is 7.05 Å². The average molecular weight is 299 g/mol. The van der Waals surface area contributed by atoms with Crippen molar-refractivity contribution in [2.45, 2.75) is 18.8 Å². The van der Waals surface area contributed by atoms with Crippen molar-refractivity contribution in [3.8, 4) is 0 Å². The smallest absolute Gasteiger partial charge is 0.167 e. The number of hydrogen-bond acceptors (Lipinski definition) is 3. The van der Waals surface area contributed by atoms with Crippen LogP contribution in [0.25, 0.3) is 0 Å². The molecule has 0 aliphatic rings. The minimum absolute atomic E-state index is 0.361. The number of nitrogens with zero attached hydrogens (tertiary/aromatic N) is 4. The van der Waals surface area contributed by atoms with Crippen LogP contribution in [0.15, 0.2) is 24.3 Å². The average Bonchev–Trinajstić information content (AvgIpc) is 2.82. The van der Waals surface area contributed by atoms with E-state index in [9.17, 15) is 0 Å². The molecule has 0 N–H and O–H groups in total. The maximum Gasteiger partial charge on any atom is 0.175 e. The van der Waals surface area contributed by atoms with E-state index >= 15 is 0 Å². The summed E-state index contributed by atoms with van der Waals surface area (Å²) >= 11 is 12.4. The summed E-state index contributed by atoms with van der Waals surface area (Å²) in [6.45, 7) is 2.05. The number of halogens is 2. The summed E-state index contributed by atoms with van der Waals surface area (Å²) in [7, 11) is 1.74. The second kappa shape index (κ2) is 5.88. The van der Waals surface area contributed by atoms with E-state index in [1.165, 1.54) is 10.4 Å². The maximum atomic E-state index is 6.19. The fourth-order valence-corrected chi connectivity index (χ4v) is 2.77. The third kappa shape index (κ3) is 3.07. The number of aromatic nitrogens is 4. The summed E-state index contributed by atoms with van der Waals surface area (Å²) in [5.74, 6) is 1.49. The molecule has 4 nitrogen and oxygen atoms in total. The molecule has 6 heteroatoms. The van der Waals surface area contributed by atoms with Crippen LogP contribution in [0.2, 0.25) is 0 Å². The third-order valence-corrected chi connectivity index (χ3v) is 4.24. The van der Waals surface area contributed by atoms with Crippen LogP contribution in [0.3, 0.4) is 0 Å². The van der Waals surface area contributed by atoms with Gasteiger partial charge in [-0.3, -0.25) is 0 Å². The first-order valence-electron chi connectivity index (χ1n) is 6.01. The van der Waals surface area contributed by atoms with Crippen molar-refractivity contribution in [3.05, 3.63) is 41.2 Å². The standard InChI is InChI=1S/C13H16Cl2N4/c1-10-3-5-11(6-4-10)13(8-14,9-15)7-12-16-18-19(2)17-12/h3-6H,7-9H2,1-2H3. The number of benzene rings is 1. The highest BCUT2D eigenvalue weighted by molar-refractivity contribution is 6.22. The van der Waals surface area contributed by atoms with E-state index in [-0.39, 0.29) is 5.41 Å². The molecule has 1 heterocycles. The monoisotopic (exact) mass is 298 g/mol. The third-order valence-electron chi connectivity index (χ3n) is 3.22. The van der Waals surface area contributed by atoms with E-state index in [0.29, 0.717) is 24.0 Å². The van der Waals surface area contributed by atoms with Gasteiger partial charge < -0.3 is 0 Å². The van der Waals surface area contributed by atoms with Crippen LogP contribution in [0, 0.1) is 6.92 Å². The molecule has 0 spiro atoms. The van der Waals surface area contributed by atoms with Gasteiger partial charge in [-0.05, 0) is 17.7 Å². The van der Waals surface area contributed by atoms with Gasteiger partial charge in [0.15, 0.2) is 5.82 Å². The first-order valence-corrected chi connectivity index (χ1v) is 7.08. The molecule has 102 valence electrons. The fraction of sp³-hybridized carbons (Fsp3) is 0.462. The van der Waals surface area contributed by atoms with Crippen molar-refractivity contribution in [1.29, 1.82) is 0 Å². The summed E-state index contributed by atoms with van der Waals surface area (Å²) in [5.41, 5.74) is 1.95. The van der Waals surface area contributed by atoms with Crippen LogP contribution in [-0.2, 0) is 18.9 Å². The Morgan fingerprint density at radius 1 is 1.16 bits per heavy atom. The summed E-state index contributed by atoms with van der Waals surface area (Å²) in [5, 5.41) is 12.1. The molecule has 0 aliphatic heterocycles. The van der Waals surface area contributed by atoms with Crippen molar-refractivity contribution in [1.82, 2.24) is 20.2 Å². The second-order valence-corrected chi connectivity index (χ2v) is 5.32. The minimum Gasteiger partial charge on any atom is -0.167 e. The molecule has 0 radical (unpaired) electrons. The molecule has 0 fully saturated rings. The highest BCUT2D eigenvalue weighted by Crippen LogP contribution is 2.31. The lowest BCUT2D eigenvalue weighted by atomic mass is 9.80. The number of tetrazole rings is 1. The van der Waals surface area contributed by atoms with Crippen LogP contribution in [0.5, 0.6) is 0 Å². The Bertz CT molecular complexity index is 532. The van der Waals surface area contributed by atoms with Gasteiger partial charge in [0.2, 0.25) is 0 Å². The predicted molar refractivity (Wildman–Crippen MR) is 76.8 cm³/mol. The van der Waals surface area contributed by atoms with Crippen LogP contribution < -0.4 is 0 Å². The molecule has 0 bridgehead atoms. The summed E-state index contributed by atoms with van der Waals surface area (Å²) in [4.78, 5) is 1.44. The number of hydrogen-bond donors (Lipinski definition) is 0. The van der Waals surface area contributed by atoms with Crippen LogP contribution in [0.4, 0.5) is 0 Å². The lowest BCUT2D eigenvalue weighted by molar-refractivity contribution is 0.517. The van der Waals surface area contributed by atoms with Crippen molar-refractivity contribution < 1.29 is 0 Å². The summed E-state index contributed by atoms with van der Waals surface area (Å²) < 4.78 is 0. The van der Waals surface area contributed by atoms with Gasteiger partial charge in [0.1, 0.15) is 0 Å². The minimum atomic E-state index is -0.361. The molecule has 1 aromatic heterocycles. The molecule has 2 aromatic rings. The molecule has 19 heavy (non-hydrogen) atoms. The molecule has 0 saturated heterocycles. The van der Waals surface area contributed by atoms with Crippen LogP contribution in [-0.4, -0.2) is 32.0 Å². The van der Waals surface area contributed by atoms with Gasteiger partial charge in [-0.25, -0.2) is 0 Å². The predicted octanol–water partition coefficient (Wildman–Crippen LogP) is 2.48. The first-order chi connectivity index (χ1) is 9.09. The molecule has 0 atom stereocenters. The van der Waals surface area contributed by atoms with Gasteiger partial charge in [-0.15, -0.1) is 33.4 Å². The van der Waals surface area contributed by atoms with Gasteiger partial charge in [0, 0.05) is 23.6 Å². The fourth-order valence-electron chi connectivity index (χ4n) is 1.99. The number of aryl methyl sites for hydroxylation is 2. The van der Waals surface area contributed by atoms with Crippen LogP contribution in [0.1, 0.15) is 17.0 Å². The Morgan fingerprint density at radius 3 is 2.26 bits per heavy atom. The molecular formula is C13H16Cl2N4. The largest absolute Gasteiger partial charge is 0.175 e. The highest BCUT2D eigenvalue weighted by atomic mass is 35.5. The molecule has 0 aliphatic carbocycles. The maximum absolute atomic E-state index is 6.19. The SMILES string of the molecule is Cc1ccc(C(CCl)(CCl)Cc2nnn(C)n2)cc1. The van der Waals surface area contributed by atoms with E-state index < -0.39 is 0 Å². The Labute approximate surface area is 122 Å². The Hall–Kier alpha value is -1.13. The van der Waals surface area contributed by atoms with Gasteiger partial charge in [0.05, 0.1) is 7.05 Å². The van der Waals surface area contributed by atoms with Gasteiger partial charge in [0.25, 0.3) is 0 Å². The quantitative estimate of drug-likeness (QED) is 0.797. The van der Waals surface area contributed by atoms with Gasteiger partial charge in [-0.2, -0.15) is 4.80 Å². The van der Waals surface area contributed by atoms with Crippen molar-refractivity contribution in [3.63, 3.8) is 0 Å². The van der Waals surface area contributed by atoms with Crippen molar-refractivity contribution in [2.75, 3.05) is 11.8 Å². The molecule has 0 amide bonds. The lowest BCUT2D eigenvalue weighted by Crippen LogP contribution is -2.33. The van der Waals surface area contributed by atoms with Gasteiger partial charge >= 0.3 is 0 Å². The molecule has 2 rings (SSSR count). The zero-order chi connectivity index (χ0) is 13.9. The van der Waals surface area contributed by atoms with Crippen LogP contribution >= 0.6 is 23.2 Å². The molecule has 0 saturated carbocycles. The normalized spacial score (nSPS) is 11.8. The first kappa shape index (κ1) is 14.3. The Balaban J connectivity index is 2.33. The zero-order valence-electron chi connectivity index (χ0n) is 11.0. The summed E-state index contributed by atoms with van der Waals surface area (Å²) in [6, 6.07) is 8.26. The van der Waals surface area contributed by atoms with E-state index in [0.717, 1.165) is 5.56 Å². The zero-order valence-corrected chi connectivity index (χ0v) is 12.5. The molecule has 0 unspecified atom stereocenters. The summed E-state index contributed by atoms with van der Waals surface area (Å²) in [6.07, 6.45) is 0.580. The number of alkyl halides is 2. The van der Waals surface area contributed by atoms with Gasteiger partial charge in [-0.1, -0.05) is 29.8 Å². The van der Waals surface area contributed by atoms with Crippen molar-refractivity contribution in [2.24, 2.45) is 7.05 Å². The molecule has 1 aromatic carbocycles. The van der Waals surface area contributed by atoms with Crippen molar-refractivity contribution >= 4 is 23.2 Å². The Morgan fingerprint density at radius 2 is 1.79 bits per heavy atom. The van der Waals surface area contributed by atoms with E-state index in [4.69, 9.17) is 23.2 Å². The topological polar surface area (TPSA) is 43.6 Å².